The molecule has 6 heteroatoms. The van der Waals surface area contributed by atoms with Gasteiger partial charge in [0.05, 0.1) is 11.3 Å². The van der Waals surface area contributed by atoms with Crippen molar-refractivity contribution in [3.8, 4) is 5.75 Å². The van der Waals surface area contributed by atoms with Gasteiger partial charge in [-0.25, -0.2) is 0 Å². The van der Waals surface area contributed by atoms with Gasteiger partial charge in [-0.05, 0) is 42.7 Å². The molecule has 0 saturated heterocycles. The molecule has 0 fully saturated rings. The van der Waals surface area contributed by atoms with E-state index in [4.69, 9.17) is 5.11 Å². The van der Waals surface area contributed by atoms with E-state index in [-0.39, 0.29) is 18.1 Å². The average molecular weight is 312 g/mol. The van der Waals surface area contributed by atoms with Gasteiger partial charge in [0.15, 0.2) is 0 Å². The molecule has 118 valence electrons. The highest BCUT2D eigenvalue weighted by molar-refractivity contribution is 6.34. The molecule has 1 aliphatic heterocycles. The molecule has 1 aromatic carbocycles. The van der Waals surface area contributed by atoms with Crippen LogP contribution in [0.4, 0.5) is 5.69 Å². The van der Waals surface area contributed by atoms with Crippen molar-refractivity contribution in [1.29, 1.82) is 0 Å². The van der Waals surface area contributed by atoms with E-state index in [1.54, 1.807) is 18.3 Å². The smallest absolute Gasteiger partial charge is 0.303 e. The van der Waals surface area contributed by atoms with Crippen LogP contribution in [-0.2, 0) is 16.0 Å². The number of aromatic nitrogens is 1. The van der Waals surface area contributed by atoms with E-state index in [2.05, 4.69) is 10.3 Å². The summed E-state index contributed by atoms with van der Waals surface area (Å²) in [5.74, 6) is -0.974. The number of fused-ring (bicyclic) bond motifs is 1. The maximum atomic E-state index is 12.1. The SMILES string of the molecule is Cc1c(CCC(=O)O)c[nH]c1/C=C1\C(=O)Nc2cc(O)ccc21. The Hall–Kier alpha value is -3.02. The number of benzene rings is 1. The van der Waals surface area contributed by atoms with Crippen molar-refractivity contribution in [2.24, 2.45) is 0 Å². The van der Waals surface area contributed by atoms with Gasteiger partial charge in [0.1, 0.15) is 5.75 Å². The zero-order valence-electron chi connectivity index (χ0n) is 12.5. The minimum absolute atomic E-state index is 0.0668. The number of amides is 1. The molecule has 0 spiro atoms. The third-order valence-corrected chi connectivity index (χ3v) is 3.97. The summed E-state index contributed by atoms with van der Waals surface area (Å²) in [6.45, 7) is 1.89. The topological polar surface area (TPSA) is 102 Å². The summed E-state index contributed by atoms with van der Waals surface area (Å²) in [5.41, 5.74) is 4.44. The number of phenolic OH excluding ortho intramolecular Hbond substituents is 1. The van der Waals surface area contributed by atoms with Gasteiger partial charge in [-0.3, -0.25) is 9.59 Å². The van der Waals surface area contributed by atoms with Gasteiger partial charge >= 0.3 is 5.97 Å². The van der Waals surface area contributed by atoms with E-state index in [1.165, 1.54) is 12.1 Å². The molecule has 0 aliphatic carbocycles. The number of aromatic amines is 1. The molecule has 1 aromatic heterocycles. The molecule has 0 radical (unpaired) electrons. The van der Waals surface area contributed by atoms with Crippen molar-refractivity contribution in [3.05, 3.63) is 46.8 Å². The Balaban J connectivity index is 1.94. The maximum absolute atomic E-state index is 12.1. The van der Waals surface area contributed by atoms with Crippen molar-refractivity contribution >= 4 is 29.2 Å². The van der Waals surface area contributed by atoms with Crippen LogP contribution in [0.2, 0.25) is 0 Å². The van der Waals surface area contributed by atoms with Crippen LogP contribution < -0.4 is 5.32 Å². The molecule has 0 atom stereocenters. The lowest BCUT2D eigenvalue weighted by atomic mass is 10.0. The molecule has 4 N–H and O–H groups in total. The molecule has 23 heavy (non-hydrogen) atoms. The first-order chi connectivity index (χ1) is 11.0. The van der Waals surface area contributed by atoms with E-state index >= 15 is 0 Å². The Morgan fingerprint density at radius 1 is 1.35 bits per heavy atom. The highest BCUT2D eigenvalue weighted by Crippen LogP contribution is 2.35. The fourth-order valence-electron chi connectivity index (χ4n) is 2.68. The van der Waals surface area contributed by atoms with Gasteiger partial charge in [-0.15, -0.1) is 0 Å². The fourth-order valence-corrected chi connectivity index (χ4v) is 2.68. The molecule has 1 amide bonds. The Bertz CT molecular complexity index is 833. The largest absolute Gasteiger partial charge is 0.508 e. The van der Waals surface area contributed by atoms with Gasteiger partial charge in [-0.2, -0.15) is 0 Å². The highest BCUT2D eigenvalue weighted by Gasteiger charge is 2.24. The molecule has 0 bridgehead atoms. The standard InChI is InChI=1S/C17H16N2O4/c1-9-10(2-5-16(21)22)8-18-14(9)7-13-12-4-3-11(20)6-15(12)19-17(13)23/h3-4,6-8,18,20H,2,5H2,1H3,(H,19,23)(H,21,22)/b13-7-. The predicted octanol–water partition coefficient (Wildman–Crippen LogP) is 2.54. The number of aliphatic carboxylic acids is 1. The van der Waals surface area contributed by atoms with Crippen LogP contribution in [0, 0.1) is 6.92 Å². The zero-order valence-corrected chi connectivity index (χ0v) is 12.5. The van der Waals surface area contributed by atoms with Crippen LogP contribution in [0.25, 0.3) is 11.6 Å². The van der Waals surface area contributed by atoms with Crippen molar-refractivity contribution in [2.75, 3.05) is 5.32 Å². The van der Waals surface area contributed by atoms with Crippen LogP contribution in [0.3, 0.4) is 0 Å². The molecule has 1 aliphatic rings. The second kappa shape index (κ2) is 5.64. The quantitative estimate of drug-likeness (QED) is 0.651. The van der Waals surface area contributed by atoms with E-state index in [9.17, 15) is 14.7 Å². The molecule has 2 aromatic rings. The number of aryl methyl sites for hydroxylation is 1. The number of carbonyl (C=O) groups excluding carboxylic acids is 1. The van der Waals surface area contributed by atoms with Gasteiger partial charge in [0, 0.05) is 29.9 Å². The summed E-state index contributed by atoms with van der Waals surface area (Å²) in [6.07, 6.45) is 4.03. The number of hydrogen-bond acceptors (Lipinski definition) is 3. The first kappa shape index (κ1) is 14.9. The third-order valence-electron chi connectivity index (χ3n) is 3.97. The number of anilines is 1. The third kappa shape index (κ3) is 2.83. The summed E-state index contributed by atoms with van der Waals surface area (Å²) in [4.78, 5) is 25.9. The van der Waals surface area contributed by atoms with Crippen molar-refractivity contribution < 1.29 is 19.8 Å². The van der Waals surface area contributed by atoms with E-state index in [0.717, 1.165) is 22.4 Å². The van der Waals surface area contributed by atoms with Crippen molar-refractivity contribution in [2.45, 2.75) is 19.8 Å². The number of H-pyrrole nitrogens is 1. The van der Waals surface area contributed by atoms with Crippen LogP contribution in [0.15, 0.2) is 24.4 Å². The summed E-state index contributed by atoms with van der Waals surface area (Å²) in [6, 6.07) is 4.73. The number of rotatable bonds is 4. The minimum Gasteiger partial charge on any atom is -0.508 e. The predicted molar refractivity (Wildman–Crippen MR) is 86.1 cm³/mol. The van der Waals surface area contributed by atoms with E-state index < -0.39 is 5.97 Å². The summed E-state index contributed by atoms with van der Waals surface area (Å²) >= 11 is 0. The monoisotopic (exact) mass is 312 g/mol. The molecule has 6 nitrogen and oxygen atoms in total. The second-order valence-corrected chi connectivity index (χ2v) is 5.49. The number of carboxylic acid groups (broad SMARTS) is 1. The average Bonchev–Trinajstić information content (AvgIpc) is 2.98. The molecule has 3 rings (SSSR count). The first-order valence-electron chi connectivity index (χ1n) is 7.21. The van der Waals surface area contributed by atoms with E-state index in [0.29, 0.717) is 17.7 Å². The Morgan fingerprint density at radius 2 is 2.13 bits per heavy atom. The maximum Gasteiger partial charge on any atom is 0.303 e. The summed E-state index contributed by atoms with van der Waals surface area (Å²) < 4.78 is 0. The molecule has 0 saturated carbocycles. The van der Waals surface area contributed by atoms with Crippen LogP contribution in [0.1, 0.15) is 28.8 Å². The number of nitrogens with one attached hydrogen (secondary N) is 2. The number of hydrogen-bond donors (Lipinski definition) is 4. The number of carboxylic acids is 1. The van der Waals surface area contributed by atoms with Crippen LogP contribution in [0.5, 0.6) is 5.75 Å². The lowest BCUT2D eigenvalue weighted by Gasteiger charge is -2.00. The molecule has 2 heterocycles. The summed E-state index contributed by atoms with van der Waals surface area (Å²) in [5, 5.41) is 21.0. The van der Waals surface area contributed by atoms with Gasteiger partial charge < -0.3 is 20.5 Å². The molecular weight excluding hydrogens is 296 g/mol. The zero-order chi connectivity index (χ0) is 16.6. The second-order valence-electron chi connectivity index (χ2n) is 5.49. The fraction of sp³-hybridized carbons (Fsp3) is 0.176. The number of phenols is 1. The van der Waals surface area contributed by atoms with Gasteiger partial charge in [-0.1, -0.05) is 0 Å². The molecule has 0 unspecified atom stereocenters. The lowest BCUT2D eigenvalue weighted by molar-refractivity contribution is -0.137. The minimum atomic E-state index is -0.839. The Kier molecular flexibility index (Phi) is 3.65. The number of aromatic hydroxyl groups is 1. The number of carbonyl (C=O) groups is 2. The van der Waals surface area contributed by atoms with Crippen molar-refractivity contribution in [3.63, 3.8) is 0 Å². The molecular formula is C17H16N2O4. The summed E-state index contributed by atoms with van der Waals surface area (Å²) in [7, 11) is 0. The highest BCUT2D eigenvalue weighted by atomic mass is 16.4. The van der Waals surface area contributed by atoms with E-state index in [1.807, 2.05) is 6.92 Å². The van der Waals surface area contributed by atoms with Crippen molar-refractivity contribution in [1.82, 2.24) is 4.98 Å². The van der Waals surface area contributed by atoms with Gasteiger partial charge in [0.25, 0.3) is 5.91 Å². The van der Waals surface area contributed by atoms with Crippen LogP contribution in [-0.4, -0.2) is 27.1 Å². The Morgan fingerprint density at radius 3 is 2.87 bits per heavy atom. The van der Waals surface area contributed by atoms with Crippen LogP contribution >= 0.6 is 0 Å². The van der Waals surface area contributed by atoms with Gasteiger partial charge in [0.2, 0.25) is 0 Å². The lowest BCUT2D eigenvalue weighted by Crippen LogP contribution is -2.03. The first-order valence-corrected chi connectivity index (χ1v) is 7.21. The Labute approximate surface area is 132 Å². The normalized spacial score (nSPS) is 14.8.